The average Bonchev–Trinajstić information content (AvgIpc) is 3.33. The van der Waals surface area contributed by atoms with Crippen molar-refractivity contribution < 1.29 is 9.59 Å². The lowest BCUT2D eigenvalue weighted by atomic mass is 10.3. The van der Waals surface area contributed by atoms with Gasteiger partial charge in [0.15, 0.2) is 5.69 Å². The molecule has 0 aromatic carbocycles. The fourth-order valence-corrected chi connectivity index (χ4v) is 3.48. The van der Waals surface area contributed by atoms with Gasteiger partial charge in [0.2, 0.25) is 5.82 Å². The van der Waals surface area contributed by atoms with Gasteiger partial charge in [0.05, 0.1) is 5.52 Å². The molecular formula is C17H20N4O2. The van der Waals surface area contributed by atoms with Crippen LogP contribution in [-0.2, 0) is 0 Å². The van der Waals surface area contributed by atoms with Crippen molar-refractivity contribution in [2.24, 2.45) is 0 Å². The van der Waals surface area contributed by atoms with Crippen molar-refractivity contribution in [2.75, 3.05) is 26.2 Å². The molecule has 0 bridgehead atoms. The summed E-state index contributed by atoms with van der Waals surface area (Å²) in [5.41, 5.74) is 1.11. The Hall–Kier alpha value is -2.37. The Morgan fingerprint density at radius 2 is 1.48 bits per heavy atom. The maximum Gasteiger partial charge on any atom is 0.290 e. The molecule has 2 aromatic rings. The van der Waals surface area contributed by atoms with Crippen molar-refractivity contribution in [1.82, 2.24) is 19.2 Å². The number of carbonyl (C=O) groups is 2. The van der Waals surface area contributed by atoms with Crippen molar-refractivity contribution in [3.63, 3.8) is 0 Å². The molecule has 2 aliphatic heterocycles. The summed E-state index contributed by atoms with van der Waals surface area (Å²) in [6.07, 6.45) is 5.96. The zero-order valence-electron chi connectivity index (χ0n) is 13.1. The highest BCUT2D eigenvalue weighted by Gasteiger charge is 2.29. The number of rotatable bonds is 2. The second-order valence-electron chi connectivity index (χ2n) is 6.24. The van der Waals surface area contributed by atoms with Gasteiger partial charge in [-0.15, -0.1) is 0 Å². The second kappa shape index (κ2) is 5.68. The Labute approximate surface area is 134 Å². The Bertz CT molecular complexity index is 693. The molecule has 0 N–H and O–H groups in total. The standard InChI is InChI=1S/C17H20N4O2/c22-16(19-8-3-4-9-19)14-13-7-1-2-12-21(13)15(18-14)17(23)20-10-5-6-11-20/h1-2,7,12H,3-6,8-11H2. The molecule has 6 heteroatoms. The molecule has 2 fully saturated rings. The van der Waals surface area contributed by atoms with Gasteiger partial charge in [-0.2, -0.15) is 0 Å². The third-order valence-corrected chi connectivity index (χ3v) is 4.73. The number of hydrogen-bond acceptors (Lipinski definition) is 3. The van der Waals surface area contributed by atoms with Crippen LogP contribution in [0.1, 0.15) is 46.8 Å². The highest BCUT2D eigenvalue weighted by molar-refractivity contribution is 6.02. The summed E-state index contributed by atoms with van der Waals surface area (Å²) in [5, 5.41) is 0. The van der Waals surface area contributed by atoms with E-state index in [4.69, 9.17) is 0 Å². The number of amides is 2. The number of likely N-dealkylation sites (tertiary alicyclic amines) is 2. The summed E-state index contributed by atoms with van der Waals surface area (Å²) < 4.78 is 1.75. The van der Waals surface area contributed by atoms with E-state index in [-0.39, 0.29) is 11.8 Å². The van der Waals surface area contributed by atoms with Gasteiger partial charge in [-0.25, -0.2) is 4.98 Å². The normalized spacial score (nSPS) is 18.1. The van der Waals surface area contributed by atoms with E-state index in [0.29, 0.717) is 17.0 Å². The molecule has 0 aliphatic carbocycles. The molecule has 120 valence electrons. The lowest BCUT2D eigenvalue weighted by Gasteiger charge is -2.14. The second-order valence-corrected chi connectivity index (χ2v) is 6.24. The molecule has 4 heterocycles. The molecule has 0 unspecified atom stereocenters. The number of hydrogen-bond donors (Lipinski definition) is 0. The first-order valence-electron chi connectivity index (χ1n) is 8.31. The van der Waals surface area contributed by atoms with Crippen LogP contribution in [0.15, 0.2) is 24.4 Å². The highest BCUT2D eigenvalue weighted by atomic mass is 16.2. The number of pyridine rings is 1. The van der Waals surface area contributed by atoms with Crippen molar-refractivity contribution >= 4 is 17.3 Å². The minimum atomic E-state index is -0.0795. The third kappa shape index (κ3) is 2.38. The summed E-state index contributed by atoms with van der Waals surface area (Å²) in [5.74, 6) is 0.209. The molecule has 6 nitrogen and oxygen atoms in total. The van der Waals surface area contributed by atoms with E-state index in [1.165, 1.54) is 0 Å². The SMILES string of the molecule is O=C(c1nc(C(=O)N2CCCC2)n2ccccc12)N1CCCC1. The summed E-state index contributed by atoms with van der Waals surface area (Å²) in [4.78, 5) is 33.6. The number of carbonyl (C=O) groups excluding carboxylic acids is 2. The summed E-state index contributed by atoms with van der Waals surface area (Å²) in [7, 11) is 0. The molecule has 0 spiro atoms. The number of nitrogens with zero attached hydrogens (tertiary/aromatic N) is 4. The first kappa shape index (κ1) is 14.2. The van der Waals surface area contributed by atoms with Crippen LogP contribution < -0.4 is 0 Å². The Kier molecular flexibility index (Phi) is 3.52. The Balaban J connectivity index is 1.76. The van der Waals surface area contributed by atoms with Crippen LogP contribution in [0.3, 0.4) is 0 Å². The summed E-state index contributed by atoms with van der Waals surface area (Å²) >= 11 is 0. The van der Waals surface area contributed by atoms with Gasteiger partial charge in [-0.05, 0) is 37.8 Å². The number of aromatic nitrogens is 2. The molecule has 2 aliphatic rings. The van der Waals surface area contributed by atoms with Crippen LogP contribution in [0, 0.1) is 0 Å². The monoisotopic (exact) mass is 312 g/mol. The van der Waals surface area contributed by atoms with Crippen molar-refractivity contribution in [3.8, 4) is 0 Å². The molecule has 2 amide bonds. The van der Waals surface area contributed by atoms with E-state index in [0.717, 1.165) is 51.9 Å². The molecular weight excluding hydrogens is 292 g/mol. The zero-order chi connectivity index (χ0) is 15.8. The lowest BCUT2D eigenvalue weighted by Crippen LogP contribution is -2.30. The smallest absolute Gasteiger partial charge is 0.290 e. The fourth-order valence-electron chi connectivity index (χ4n) is 3.48. The molecule has 2 aromatic heterocycles. The van der Waals surface area contributed by atoms with Crippen LogP contribution in [-0.4, -0.2) is 57.2 Å². The molecule has 0 atom stereocenters. The van der Waals surface area contributed by atoms with E-state index in [2.05, 4.69) is 4.98 Å². The average molecular weight is 312 g/mol. The van der Waals surface area contributed by atoms with Crippen LogP contribution in [0.2, 0.25) is 0 Å². The van der Waals surface area contributed by atoms with E-state index >= 15 is 0 Å². The van der Waals surface area contributed by atoms with Gasteiger partial charge in [0.25, 0.3) is 11.8 Å². The maximum absolute atomic E-state index is 12.7. The van der Waals surface area contributed by atoms with E-state index in [9.17, 15) is 9.59 Å². The van der Waals surface area contributed by atoms with Gasteiger partial charge >= 0.3 is 0 Å². The van der Waals surface area contributed by atoms with Crippen molar-refractivity contribution in [1.29, 1.82) is 0 Å². The zero-order valence-corrected chi connectivity index (χ0v) is 13.1. The highest BCUT2D eigenvalue weighted by Crippen LogP contribution is 2.20. The van der Waals surface area contributed by atoms with Crippen LogP contribution >= 0.6 is 0 Å². The largest absolute Gasteiger partial charge is 0.337 e. The van der Waals surface area contributed by atoms with Crippen molar-refractivity contribution in [3.05, 3.63) is 35.9 Å². The van der Waals surface area contributed by atoms with E-state index < -0.39 is 0 Å². The predicted octanol–water partition coefficient (Wildman–Crippen LogP) is 1.81. The number of imidazole rings is 1. The first-order valence-corrected chi connectivity index (χ1v) is 8.31. The molecule has 23 heavy (non-hydrogen) atoms. The minimum absolute atomic E-state index is 0.0633. The van der Waals surface area contributed by atoms with Crippen LogP contribution in [0.25, 0.3) is 5.52 Å². The molecule has 2 saturated heterocycles. The van der Waals surface area contributed by atoms with Gasteiger partial charge in [-0.1, -0.05) is 6.07 Å². The van der Waals surface area contributed by atoms with Crippen molar-refractivity contribution in [2.45, 2.75) is 25.7 Å². The number of fused-ring (bicyclic) bond motifs is 1. The minimum Gasteiger partial charge on any atom is -0.337 e. The lowest BCUT2D eigenvalue weighted by molar-refractivity contribution is 0.0779. The van der Waals surface area contributed by atoms with E-state index in [1.807, 2.05) is 34.2 Å². The van der Waals surface area contributed by atoms with Crippen LogP contribution in [0.5, 0.6) is 0 Å². The fraction of sp³-hybridized carbons (Fsp3) is 0.471. The van der Waals surface area contributed by atoms with Gasteiger partial charge in [0.1, 0.15) is 0 Å². The van der Waals surface area contributed by atoms with Gasteiger partial charge in [0, 0.05) is 32.4 Å². The molecule has 0 radical (unpaired) electrons. The quantitative estimate of drug-likeness (QED) is 0.850. The molecule has 0 saturated carbocycles. The predicted molar refractivity (Wildman–Crippen MR) is 85.5 cm³/mol. The third-order valence-electron chi connectivity index (χ3n) is 4.73. The summed E-state index contributed by atoms with van der Waals surface area (Å²) in [6, 6.07) is 5.60. The summed E-state index contributed by atoms with van der Waals surface area (Å²) in [6.45, 7) is 3.10. The van der Waals surface area contributed by atoms with Crippen LogP contribution in [0.4, 0.5) is 0 Å². The molecule has 4 rings (SSSR count). The topological polar surface area (TPSA) is 57.9 Å². The first-order chi connectivity index (χ1) is 11.3. The Morgan fingerprint density at radius 1 is 0.870 bits per heavy atom. The van der Waals surface area contributed by atoms with Gasteiger partial charge < -0.3 is 9.80 Å². The maximum atomic E-state index is 12.7. The Morgan fingerprint density at radius 3 is 2.13 bits per heavy atom. The van der Waals surface area contributed by atoms with E-state index in [1.54, 1.807) is 4.40 Å². The van der Waals surface area contributed by atoms with Gasteiger partial charge in [-0.3, -0.25) is 14.0 Å².